The van der Waals surface area contributed by atoms with Crippen LogP contribution < -0.4 is 5.63 Å². The molecule has 5 rings (SSSR count). The Balaban J connectivity index is 1.80. The van der Waals surface area contributed by atoms with E-state index >= 15 is 0 Å². The van der Waals surface area contributed by atoms with Crippen molar-refractivity contribution < 1.29 is 4.42 Å². The zero-order chi connectivity index (χ0) is 17.0. The highest BCUT2D eigenvalue weighted by atomic mass is 79.9. The molecule has 5 aromatic rings. The third-order valence-corrected chi connectivity index (χ3v) is 4.68. The zero-order valence-electron chi connectivity index (χ0n) is 12.8. The summed E-state index contributed by atoms with van der Waals surface area (Å²) in [5, 5.41) is 1.77. The van der Waals surface area contributed by atoms with Crippen LogP contribution >= 0.6 is 15.9 Å². The molecule has 0 amide bonds. The number of hydrogen-bond donors (Lipinski definition) is 1. The molecule has 2 aromatic carbocycles. The minimum atomic E-state index is -0.420. The van der Waals surface area contributed by atoms with Crippen LogP contribution in [0.25, 0.3) is 44.3 Å². The molecule has 5 nitrogen and oxygen atoms in total. The van der Waals surface area contributed by atoms with Crippen molar-refractivity contribution in [2.75, 3.05) is 0 Å². The molecule has 6 heteroatoms. The van der Waals surface area contributed by atoms with Crippen LogP contribution in [-0.2, 0) is 0 Å². The van der Waals surface area contributed by atoms with Gasteiger partial charge in [-0.3, -0.25) is 4.98 Å². The van der Waals surface area contributed by atoms with Gasteiger partial charge in [-0.15, -0.1) is 0 Å². The first-order chi connectivity index (χ1) is 12.2. The summed E-state index contributed by atoms with van der Waals surface area (Å²) in [6, 6.07) is 15.0. The Bertz CT molecular complexity index is 1340. The molecule has 0 fully saturated rings. The van der Waals surface area contributed by atoms with E-state index in [9.17, 15) is 4.79 Å². The van der Waals surface area contributed by atoms with Crippen molar-refractivity contribution in [2.24, 2.45) is 0 Å². The number of imidazole rings is 1. The molecule has 3 aromatic heterocycles. The van der Waals surface area contributed by atoms with Gasteiger partial charge in [0.05, 0.1) is 16.6 Å². The van der Waals surface area contributed by atoms with Crippen molar-refractivity contribution in [2.45, 2.75) is 0 Å². The fourth-order valence-electron chi connectivity index (χ4n) is 3.01. The normalized spacial score (nSPS) is 11.6. The van der Waals surface area contributed by atoms with Crippen LogP contribution in [0.15, 0.2) is 68.4 Å². The molecule has 0 atom stereocenters. The first kappa shape index (κ1) is 14.4. The van der Waals surface area contributed by atoms with E-state index in [1.54, 1.807) is 18.3 Å². The largest absolute Gasteiger partial charge is 0.422 e. The molecule has 0 saturated heterocycles. The van der Waals surface area contributed by atoms with Gasteiger partial charge in [0, 0.05) is 21.4 Å². The molecule has 25 heavy (non-hydrogen) atoms. The van der Waals surface area contributed by atoms with E-state index in [4.69, 9.17) is 4.42 Å². The first-order valence-electron chi connectivity index (χ1n) is 7.66. The molecular formula is C19H10BrN3O2. The molecule has 0 saturated carbocycles. The number of aromatic amines is 1. The van der Waals surface area contributed by atoms with Crippen LogP contribution in [0.4, 0.5) is 0 Å². The Morgan fingerprint density at radius 1 is 1.08 bits per heavy atom. The number of fused-ring (bicyclic) bond motifs is 4. The third-order valence-electron chi connectivity index (χ3n) is 4.18. The molecule has 0 bridgehead atoms. The minimum absolute atomic E-state index is 0.402. The predicted molar refractivity (Wildman–Crippen MR) is 101 cm³/mol. The molecule has 3 heterocycles. The maximum atomic E-state index is 12.4. The highest BCUT2D eigenvalue weighted by Crippen LogP contribution is 2.27. The third kappa shape index (κ3) is 2.26. The molecule has 0 aliphatic carbocycles. The number of hydrogen-bond acceptors (Lipinski definition) is 4. The number of halogens is 1. The highest BCUT2D eigenvalue weighted by Gasteiger charge is 2.14. The Labute approximate surface area is 149 Å². The standard InChI is InChI=1S/C19H10BrN3O2/c20-11-3-6-16-10(8-11)9-13(19(24)25-16)18-22-15-5-4-14-12(17(15)23-18)2-1-7-21-14/h1-9H,(H,22,23). The van der Waals surface area contributed by atoms with Gasteiger partial charge in [-0.2, -0.15) is 0 Å². The molecule has 0 spiro atoms. The molecule has 0 radical (unpaired) electrons. The van der Waals surface area contributed by atoms with E-state index < -0.39 is 5.63 Å². The average molecular weight is 392 g/mol. The van der Waals surface area contributed by atoms with Crippen LogP contribution in [0.1, 0.15) is 0 Å². The van der Waals surface area contributed by atoms with E-state index in [0.29, 0.717) is 17.0 Å². The maximum absolute atomic E-state index is 12.4. The van der Waals surface area contributed by atoms with Gasteiger partial charge in [0.2, 0.25) is 0 Å². The lowest BCUT2D eigenvalue weighted by Crippen LogP contribution is -2.03. The second-order valence-electron chi connectivity index (χ2n) is 5.75. The summed E-state index contributed by atoms with van der Waals surface area (Å²) in [6.07, 6.45) is 1.75. The number of aromatic nitrogens is 3. The van der Waals surface area contributed by atoms with Gasteiger partial charge in [-0.25, -0.2) is 9.78 Å². The van der Waals surface area contributed by atoms with Crippen molar-refractivity contribution in [3.63, 3.8) is 0 Å². The molecule has 0 aliphatic heterocycles. The smallest absolute Gasteiger partial charge is 0.347 e. The van der Waals surface area contributed by atoms with E-state index in [1.165, 1.54) is 0 Å². The van der Waals surface area contributed by atoms with Crippen molar-refractivity contribution in [1.29, 1.82) is 0 Å². The van der Waals surface area contributed by atoms with Gasteiger partial charge >= 0.3 is 5.63 Å². The second-order valence-corrected chi connectivity index (χ2v) is 6.66. The van der Waals surface area contributed by atoms with Crippen LogP contribution in [0.2, 0.25) is 0 Å². The number of rotatable bonds is 1. The van der Waals surface area contributed by atoms with Crippen LogP contribution in [0.5, 0.6) is 0 Å². The predicted octanol–water partition coefficient (Wildman–Crippen LogP) is 4.65. The van der Waals surface area contributed by atoms with Crippen molar-refractivity contribution >= 4 is 48.8 Å². The lowest BCUT2D eigenvalue weighted by molar-refractivity contribution is 0.563. The monoisotopic (exact) mass is 391 g/mol. The van der Waals surface area contributed by atoms with Gasteiger partial charge in [0.25, 0.3) is 0 Å². The van der Waals surface area contributed by atoms with Crippen molar-refractivity contribution in [3.05, 3.63) is 69.6 Å². The van der Waals surface area contributed by atoms with E-state index in [-0.39, 0.29) is 0 Å². The summed E-state index contributed by atoms with van der Waals surface area (Å²) >= 11 is 3.44. The number of nitrogens with one attached hydrogen (secondary N) is 1. The summed E-state index contributed by atoms with van der Waals surface area (Å²) in [4.78, 5) is 24.6. The molecule has 1 N–H and O–H groups in total. The number of benzene rings is 2. The Morgan fingerprint density at radius 3 is 2.92 bits per heavy atom. The maximum Gasteiger partial charge on any atom is 0.347 e. The van der Waals surface area contributed by atoms with E-state index in [2.05, 4.69) is 30.9 Å². The summed E-state index contributed by atoms with van der Waals surface area (Å²) in [6.45, 7) is 0. The zero-order valence-corrected chi connectivity index (χ0v) is 14.4. The average Bonchev–Trinajstić information content (AvgIpc) is 3.06. The Kier molecular flexibility index (Phi) is 3.02. The Morgan fingerprint density at radius 2 is 2.00 bits per heavy atom. The summed E-state index contributed by atoms with van der Waals surface area (Å²) in [7, 11) is 0. The molecule has 120 valence electrons. The number of nitrogens with zero attached hydrogens (tertiary/aromatic N) is 2. The molecule has 0 aliphatic rings. The minimum Gasteiger partial charge on any atom is -0.422 e. The van der Waals surface area contributed by atoms with Crippen molar-refractivity contribution in [3.8, 4) is 11.4 Å². The van der Waals surface area contributed by atoms with Crippen LogP contribution in [0.3, 0.4) is 0 Å². The quantitative estimate of drug-likeness (QED) is 0.422. The molecular weight excluding hydrogens is 382 g/mol. The fourth-order valence-corrected chi connectivity index (χ4v) is 3.39. The lowest BCUT2D eigenvalue weighted by atomic mass is 10.2. The lowest BCUT2D eigenvalue weighted by Gasteiger charge is -2.00. The van der Waals surface area contributed by atoms with E-state index in [0.717, 1.165) is 31.8 Å². The fraction of sp³-hybridized carbons (Fsp3) is 0. The van der Waals surface area contributed by atoms with Gasteiger partial charge in [0.15, 0.2) is 0 Å². The van der Waals surface area contributed by atoms with E-state index in [1.807, 2.05) is 36.4 Å². The summed E-state index contributed by atoms with van der Waals surface area (Å²) in [5.41, 5.74) is 3.03. The topological polar surface area (TPSA) is 71.8 Å². The SMILES string of the molecule is O=c1oc2ccc(Br)cc2cc1-c1nc2c(ccc3ncccc32)[nH]1. The van der Waals surface area contributed by atoms with Gasteiger partial charge in [0.1, 0.15) is 17.0 Å². The van der Waals surface area contributed by atoms with Gasteiger partial charge < -0.3 is 9.40 Å². The highest BCUT2D eigenvalue weighted by molar-refractivity contribution is 9.10. The Hall–Kier alpha value is -2.99. The van der Waals surface area contributed by atoms with Crippen molar-refractivity contribution in [1.82, 2.24) is 15.0 Å². The van der Waals surface area contributed by atoms with Crippen LogP contribution in [0, 0.1) is 0 Å². The second kappa shape index (κ2) is 5.26. The van der Waals surface area contributed by atoms with Gasteiger partial charge in [-0.1, -0.05) is 15.9 Å². The van der Waals surface area contributed by atoms with Crippen LogP contribution in [-0.4, -0.2) is 15.0 Å². The number of pyridine rings is 1. The number of H-pyrrole nitrogens is 1. The van der Waals surface area contributed by atoms with Gasteiger partial charge in [-0.05, 0) is 48.5 Å². The summed E-state index contributed by atoms with van der Waals surface area (Å²) in [5.74, 6) is 0.488. The summed E-state index contributed by atoms with van der Waals surface area (Å²) < 4.78 is 6.35. The first-order valence-corrected chi connectivity index (χ1v) is 8.45. The molecule has 0 unspecified atom stereocenters.